The van der Waals surface area contributed by atoms with Crippen LogP contribution in [0.1, 0.15) is 13.8 Å². The Kier molecular flexibility index (Phi) is 4.78. The predicted molar refractivity (Wildman–Crippen MR) is 76.4 cm³/mol. The van der Waals surface area contributed by atoms with Crippen LogP contribution in [0.2, 0.25) is 0 Å². The summed E-state index contributed by atoms with van der Waals surface area (Å²) in [5, 5.41) is 3.16. The van der Waals surface area contributed by atoms with Crippen molar-refractivity contribution in [2.75, 3.05) is 26.2 Å². The topological polar surface area (TPSA) is 49.4 Å². The lowest BCUT2D eigenvalue weighted by molar-refractivity contribution is 0.218. The summed E-state index contributed by atoms with van der Waals surface area (Å²) >= 11 is 0. The molecule has 0 spiro atoms. The first-order valence-corrected chi connectivity index (χ1v) is 8.30. The fraction of sp³-hybridized carbons (Fsp3) is 0.571. The van der Waals surface area contributed by atoms with E-state index < -0.39 is 15.8 Å². The van der Waals surface area contributed by atoms with Crippen molar-refractivity contribution in [2.45, 2.75) is 18.7 Å². The van der Waals surface area contributed by atoms with Gasteiger partial charge in [-0.2, -0.15) is 4.31 Å². The monoisotopic (exact) mass is 300 g/mol. The fourth-order valence-electron chi connectivity index (χ4n) is 2.03. The van der Waals surface area contributed by atoms with E-state index in [-0.39, 0.29) is 4.90 Å². The van der Waals surface area contributed by atoms with Crippen molar-refractivity contribution >= 4 is 10.0 Å². The zero-order valence-electron chi connectivity index (χ0n) is 11.8. The summed E-state index contributed by atoms with van der Waals surface area (Å²) in [6.07, 6.45) is 0. The van der Waals surface area contributed by atoms with Gasteiger partial charge in [0.15, 0.2) is 0 Å². The molecule has 0 aromatic heterocycles. The van der Waals surface area contributed by atoms with Gasteiger partial charge in [0.2, 0.25) is 10.0 Å². The van der Waals surface area contributed by atoms with Gasteiger partial charge in [-0.25, -0.2) is 12.8 Å². The summed E-state index contributed by atoms with van der Waals surface area (Å²) in [6, 6.07) is 4.92. The van der Waals surface area contributed by atoms with Gasteiger partial charge >= 0.3 is 0 Å². The Morgan fingerprint density at radius 2 is 1.60 bits per heavy atom. The minimum absolute atomic E-state index is 0.163. The molecule has 1 N–H and O–H groups in total. The van der Waals surface area contributed by atoms with Gasteiger partial charge < -0.3 is 5.32 Å². The third-order valence-corrected chi connectivity index (χ3v) is 5.31. The maximum atomic E-state index is 12.6. The molecule has 0 saturated carbocycles. The van der Waals surface area contributed by atoms with E-state index in [4.69, 9.17) is 0 Å². The third-order valence-electron chi connectivity index (χ3n) is 3.47. The Morgan fingerprint density at radius 3 is 1.95 bits per heavy atom. The molecule has 4 nitrogen and oxygen atoms in total. The van der Waals surface area contributed by atoms with Gasteiger partial charge in [-0.05, 0) is 49.2 Å². The smallest absolute Gasteiger partial charge is 0.243 e. The Bertz CT molecular complexity index is 535. The van der Waals surface area contributed by atoms with Crippen LogP contribution in [0.3, 0.4) is 0 Å². The summed E-state index contributed by atoms with van der Waals surface area (Å²) < 4.78 is 37.8. The van der Waals surface area contributed by atoms with Crippen LogP contribution >= 0.6 is 0 Å². The van der Waals surface area contributed by atoms with Crippen LogP contribution in [0, 0.1) is 17.7 Å². The van der Waals surface area contributed by atoms with Crippen LogP contribution in [0.4, 0.5) is 4.39 Å². The van der Waals surface area contributed by atoms with Gasteiger partial charge in [-0.1, -0.05) is 13.8 Å². The fourth-order valence-corrected chi connectivity index (χ4v) is 3.71. The summed E-state index contributed by atoms with van der Waals surface area (Å²) in [5.41, 5.74) is 0. The molecule has 3 rings (SSSR count). The van der Waals surface area contributed by atoms with Gasteiger partial charge in [-0.3, -0.25) is 0 Å². The van der Waals surface area contributed by atoms with Crippen molar-refractivity contribution in [3.05, 3.63) is 30.1 Å². The van der Waals surface area contributed by atoms with E-state index in [0.717, 1.165) is 18.1 Å². The number of nitrogens with one attached hydrogen (secondary N) is 1. The second-order valence-electron chi connectivity index (χ2n) is 5.64. The number of sulfonamides is 1. The summed E-state index contributed by atoms with van der Waals surface area (Å²) in [6.45, 7) is 7.83. The number of hydrogen-bond donors (Lipinski definition) is 1. The minimum Gasteiger partial charge on any atom is -0.316 e. The van der Waals surface area contributed by atoms with Crippen molar-refractivity contribution in [1.29, 1.82) is 0 Å². The van der Waals surface area contributed by atoms with Gasteiger partial charge in [0.1, 0.15) is 5.82 Å². The van der Waals surface area contributed by atoms with Crippen molar-refractivity contribution in [3.63, 3.8) is 0 Å². The molecule has 0 bridgehead atoms. The van der Waals surface area contributed by atoms with E-state index in [1.807, 2.05) is 6.92 Å². The molecule has 2 aliphatic heterocycles. The molecule has 0 unspecified atom stereocenters. The van der Waals surface area contributed by atoms with E-state index in [0.29, 0.717) is 19.0 Å². The Hall–Kier alpha value is -0.980. The van der Waals surface area contributed by atoms with Crippen molar-refractivity contribution in [2.24, 2.45) is 11.8 Å². The highest BCUT2D eigenvalue weighted by atomic mass is 32.2. The molecule has 0 atom stereocenters. The summed E-state index contributed by atoms with van der Waals surface area (Å²) in [5.74, 6) is 0.946. The quantitative estimate of drug-likeness (QED) is 0.904. The average Bonchev–Trinajstić information content (AvgIpc) is 2.34. The molecule has 112 valence electrons. The zero-order chi connectivity index (χ0) is 14.8. The molecule has 1 aromatic carbocycles. The predicted octanol–water partition coefficient (Wildman–Crippen LogP) is 1.69. The van der Waals surface area contributed by atoms with Gasteiger partial charge in [0.25, 0.3) is 0 Å². The maximum absolute atomic E-state index is 12.6. The normalized spacial score (nSPS) is 20.6. The van der Waals surface area contributed by atoms with E-state index in [2.05, 4.69) is 12.2 Å². The molecule has 1 aromatic rings. The first-order valence-electron chi connectivity index (χ1n) is 6.86. The van der Waals surface area contributed by atoms with E-state index in [1.54, 1.807) is 0 Å². The van der Waals surface area contributed by atoms with Crippen molar-refractivity contribution in [1.82, 2.24) is 9.62 Å². The van der Waals surface area contributed by atoms with Gasteiger partial charge in [0.05, 0.1) is 4.90 Å². The van der Waals surface area contributed by atoms with Gasteiger partial charge in [-0.15, -0.1) is 0 Å². The first kappa shape index (κ1) is 15.4. The first-order chi connectivity index (χ1) is 9.39. The van der Waals surface area contributed by atoms with Crippen molar-refractivity contribution in [3.8, 4) is 0 Å². The maximum Gasteiger partial charge on any atom is 0.243 e. The van der Waals surface area contributed by atoms with Crippen LogP contribution in [0.25, 0.3) is 0 Å². The number of hydrogen-bond acceptors (Lipinski definition) is 3. The van der Waals surface area contributed by atoms with Crippen LogP contribution in [-0.2, 0) is 10.0 Å². The van der Waals surface area contributed by atoms with Crippen LogP contribution in [-0.4, -0.2) is 38.9 Å². The van der Waals surface area contributed by atoms with Gasteiger partial charge in [0, 0.05) is 13.1 Å². The second kappa shape index (κ2) is 6.20. The van der Waals surface area contributed by atoms with E-state index in [1.165, 1.54) is 29.5 Å². The zero-order valence-corrected chi connectivity index (χ0v) is 12.7. The highest BCUT2D eigenvalue weighted by molar-refractivity contribution is 7.89. The van der Waals surface area contributed by atoms with Crippen LogP contribution < -0.4 is 5.32 Å². The molecule has 2 aliphatic rings. The standard InChI is InChI=1S/C10H12FNO2S.C4H9N/c1-8-6-12(7-8)15(13,14)10-4-2-9(11)3-5-10;1-4-2-5-3-4/h2-5,8H,6-7H2,1H3;4-5H,2-3H2,1H3. The molecule has 0 aliphatic carbocycles. The summed E-state index contributed by atoms with van der Waals surface area (Å²) in [4.78, 5) is 0.163. The highest BCUT2D eigenvalue weighted by Gasteiger charge is 2.33. The summed E-state index contributed by atoms with van der Waals surface area (Å²) in [7, 11) is -3.39. The van der Waals surface area contributed by atoms with Crippen molar-refractivity contribution < 1.29 is 12.8 Å². The average molecular weight is 300 g/mol. The number of nitrogens with zero attached hydrogens (tertiary/aromatic N) is 1. The lowest BCUT2D eigenvalue weighted by atomic mass is 10.1. The van der Waals surface area contributed by atoms with E-state index >= 15 is 0 Å². The molecular formula is C14H21FN2O2S. The van der Waals surface area contributed by atoms with Crippen LogP contribution in [0.5, 0.6) is 0 Å². The largest absolute Gasteiger partial charge is 0.316 e. The molecule has 2 saturated heterocycles. The lowest BCUT2D eigenvalue weighted by Crippen LogP contribution is -2.48. The third kappa shape index (κ3) is 3.56. The van der Waals surface area contributed by atoms with E-state index in [9.17, 15) is 12.8 Å². The number of halogens is 1. The molecule has 0 radical (unpaired) electrons. The Morgan fingerprint density at radius 1 is 1.10 bits per heavy atom. The molecule has 2 fully saturated rings. The lowest BCUT2D eigenvalue weighted by Gasteiger charge is -2.35. The molecule has 0 amide bonds. The number of benzene rings is 1. The minimum atomic E-state index is -3.39. The highest BCUT2D eigenvalue weighted by Crippen LogP contribution is 2.24. The molecule has 6 heteroatoms. The molecule has 2 heterocycles. The Labute approximate surface area is 120 Å². The number of rotatable bonds is 2. The SMILES string of the molecule is CC1CN(S(=O)(=O)c2ccc(F)cc2)C1.CC1CNC1. The molecule has 20 heavy (non-hydrogen) atoms. The van der Waals surface area contributed by atoms with Crippen LogP contribution in [0.15, 0.2) is 29.2 Å². The molecular weight excluding hydrogens is 279 g/mol. The Balaban J connectivity index is 0.000000247. The second-order valence-corrected chi connectivity index (χ2v) is 7.58.